The van der Waals surface area contributed by atoms with E-state index in [0.717, 1.165) is 5.69 Å². The second-order valence-corrected chi connectivity index (χ2v) is 6.62. The van der Waals surface area contributed by atoms with Crippen LogP contribution in [0.5, 0.6) is 11.5 Å². The first-order chi connectivity index (χ1) is 11.3. The van der Waals surface area contributed by atoms with Crippen LogP contribution >= 0.6 is 0 Å². The molecule has 24 heavy (non-hydrogen) atoms. The van der Waals surface area contributed by atoms with Crippen LogP contribution in [0.3, 0.4) is 0 Å². The van der Waals surface area contributed by atoms with Gasteiger partial charge in [0.15, 0.2) is 11.5 Å². The molecule has 1 aromatic heterocycles. The molecule has 1 amide bonds. The van der Waals surface area contributed by atoms with Crippen molar-refractivity contribution in [2.75, 3.05) is 12.1 Å². The highest BCUT2D eigenvalue weighted by atomic mass is 16.7. The van der Waals surface area contributed by atoms with E-state index in [1.165, 1.54) is 0 Å². The Morgan fingerprint density at radius 3 is 2.62 bits per heavy atom. The first-order valence-corrected chi connectivity index (χ1v) is 7.65. The number of benzene rings is 1. The summed E-state index contributed by atoms with van der Waals surface area (Å²) < 4.78 is 10.6. The number of anilines is 2. The van der Waals surface area contributed by atoms with Crippen molar-refractivity contribution in [1.29, 1.82) is 0 Å². The lowest BCUT2D eigenvalue weighted by molar-refractivity contribution is 0.0914. The van der Waals surface area contributed by atoms with Gasteiger partial charge < -0.3 is 20.1 Å². The Labute approximate surface area is 140 Å². The van der Waals surface area contributed by atoms with E-state index in [1.54, 1.807) is 6.07 Å². The standard InChI is InChI=1S/C17H20N4O3/c1-10-7-12(15(22)21-17(2,3)4)20-16(18-10)19-11-5-6-13-14(8-11)24-9-23-13/h5-8H,9H2,1-4H3,(H,21,22)(H,18,19,20). The van der Waals surface area contributed by atoms with Crippen molar-refractivity contribution in [3.8, 4) is 11.5 Å². The van der Waals surface area contributed by atoms with E-state index >= 15 is 0 Å². The third-order valence-electron chi connectivity index (χ3n) is 3.20. The number of rotatable bonds is 3. The Kier molecular flexibility index (Phi) is 4.01. The van der Waals surface area contributed by atoms with Crippen LogP contribution in [0.1, 0.15) is 37.0 Å². The molecular formula is C17H20N4O3. The molecule has 126 valence electrons. The number of carbonyl (C=O) groups excluding carboxylic acids is 1. The fraction of sp³-hybridized carbons (Fsp3) is 0.353. The number of carbonyl (C=O) groups is 1. The van der Waals surface area contributed by atoms with Crippen molar-refractivity contribution < 1.29 is 14.3 Å². The van der Waals surface area contributed by atoms with E-state index in [9.17, 15) is 4.79 Å². The van der Waals surface area contributed by atoms with Gasteiger partial charge in [0.2, 0.25) is 12.7 Å². The lowest BCUT2D eigenvalue weighted by atomic mass is 10.1. The molecule has 0 unspecified atom stereocenters. The van der Waals surface area contributed by atoms with Gasteiger partial charge in [-0.1, -0.05) is 0 Å². The van der Waals surface area contributed by atoms with Crippen LogP contribution in [0.4, 0.5) is 11.6 Å². The minimum Gasteiger partial charge on any atom is -0.454 e. The van der Waals surface area contributed by atoms with Gasteiger partial charge in [0.1, 0.15) is 5.69 Å². The average Bonchev–Trinajstić information content (AvgIpc) is 2.92. The normalized spacial score (nSPS) is 12.8. The van der Waals surface area contributed by atoms with Crippen LogP contribution in [0.25, 0.3) is 0 Å². The molecule has 3 rings (SSSR count). The van der Waals surface area contributed by atoms with Gasteiger partial charge in [-0.3, -0.25) is 4.79 Å². The predicted octanol–water partition coefficient (Wildman–Crippen LogP) is 2.79. The molecule has 0 aliphatic carbocycles. The number of nitrogens with one attached hydrogen (secondary N) is 2. The molecule has 0 saturated heterocycles. The van der Waals surface area contributed by atoms with E-state index in [-0.39, 0.29) is 18.2 Å². The molecule has 7 nitrogen and oxygen atoms in total. The van der Waals surface area contributed by atoms with Crippen LogP contribution in [0, 0.1) is 6.92 Å². The minimum atomic E-state index is -0.332. The van der Waals surface area contributed by atoms with Crippen molar-refractivity contribution in [2.24, 2.45) is 0 Å². The molecule has 1 aromatic carbocycles. The van der Waals surface area contributed by atoms with Crippen LogP contribution in [-0.2, 0) is 0 Å². The van der Waals surface area contributed by atoms with Crippen LogP contribution < -0.4 is 20.1 Å². The SMILES string of the molecule is Cc1cc(C(=O)NC(C)(C)C)nc(Nc2ccc3c(c2)OCO3)n1. The fourth-order valence-electron chi connectivity index (χ4n) is 2.25. The van der Waals surface area contributed by atoms with Gasteiger partial charge in [-0.15, -0.1) is 0 Å². The second-order valence-electron chi connectivity index (χ2n) is 6.62. The summed E-state index contributed by atoms with van der Waals surface area (Å²) in [5.74, 6) is 1.49. The van der Waals surface area contributed by atoms with Crippen molar-refractivity contribution >= 4 is 17.5 Å². The highest BCUT2D eigenvalue weighted by Crippen LogP contribution is 2.34. The van der Waals surface area contributed by atoms with Gasteiger partial charge in [0.05, 0.1) is 0 Å². The Hall–Kier alpha value is -2.83. The minimum absolute atomic E-state index is 0.219. The summed E-state index contributed by atoms with van der Waals surface area (Å²) in [6, 6.07) is 7.12. The number of aryl methyl sites for hydroxylation is 1. The first-order valence-electron chi connectivity index (χ1n) is 7.65. The molecule has 0 atom stereocenters. The van der Waals surface area contributed by atoms with E-state index in [1.807, 2.05) is 45.9 Å². The summed E-state index contributed by atoms with van der Waals surface area (Å²) >= 11 is 0. The summed E-state index contributed by atoms with van der Waals surface area (Å²) in [6.45, 7) is 7.80. The van der Waals surface area contributed by atoms with Gasteiger partial charge in [0.25, 0.3) is 5.91 Å². The Morgan fingerprint density at radius 1 is 1.12 bits per heavy atom. The number of fused-ring (bicyclic) bond motifs is 1. The van der Waals surface area contributed by atoms with Gasteiger partial charge >= 0.3 is 0 Å². The summed E-state index contributed by atoms with van der Waals surface area (Å²) in [5, 5.41) is 5.99. The van der Waals surface area contributed by atoms with Crippen molar-refractivity contribution in [1.82, 2.24) is 15.3 Å². The molecule has 0 saturated carbocycles. The Bertz CT molecular complexity index is 784. The topological polar surface area (TPSA) is 85.4 Å². The van der Waals surface area contributed by atoms with Crippen molar-refractivity contribution in [3.05, 3.63) is 35.7 Å². The third-order valence-corrected chi connectivity index (χ3v) is 3.20. The first kappa shape index (κ1) is 16.0. The zero-order chi connectivity index (χ0) is 17.3. The maximum Gasteiger partial charge on any atom is 0.270 e. The Balaban J connectivity index is 1.82. The van der Waals surface area contributed by atoms with E-state index < -0.39 is 0 Å². The molecule has 2 heterocycles. The lowest BCUT2D eigenvalue weighted by Crippen LogP contribution is -2.41. The number of aromatic nitrogens is 2. The van der Waals surface area contributed by atoms with Crippen LogP contribution in [0.15, 0.2) is 24.3 Å². The van der Waals surface area contributed by atoms with Gasteiger partial charge in [-0.2, -0.15) is 0 Å². The third kappa shape index (κ3) is 3.73. The summed E-state index contributed by atoms with van der Waals surface area (Å²) in [5.41, 5.74) is 1.45. The summed E-state index contributed by atoms with van der Waals surface area (Å²) in [6.07, 6.45) is 0. The van der Waals surface area contributed by atoms with E-state index in [0.29, 0.717) is 28.8 Å². The Morgan fingerprint density at radius 2 is 1.88 bits per heavy atom. The highest BCUT2D eigenvalue weighted by Gasteiger charge is 2.18. The molecule has 2 aromatic rings. The molecule has 7 heteroatoms. The van der Waals surface area contributed by atoms with Crippen molar-refractivity contribution in [3.63, 3.8) is 0 Å². The lowest BCUT2D eigenvalue weighted by Gasteiger charge is -2.20. The average molecular weight is 328 g/mol. The second kappa shape index (κ2) is 5.99. The zero-order valence-corrected chi connectivity index (χ0v) is 14.1. The summed E-state index contributed by atoms with van der Waals surface area (Å²) in [7, 11) is 0. The fourth-order valence-corrected chi connectivity index (χ4v) is 2.25. The van der Waals surface area contributed by atoms with Gasteiger partial charge in [0, 0.05) is 23.0 Å². The number of hydrogen-bond acceptors (Lipinski definition) is 6. The largest absolute Gasteiger partial charge is 0.454 e. The quantitative estimate of drug-likeness (QED) is 0.901. The number of ether oxygens (including phenoxy) is 2. The monoisotopic (exact) mass is 328 g/mol. The number of nitrogens with zero attached hydrogens (tertiary/aromatic N) is 2. The maximum absolute atomic E-state index is 12.3. The van der Waals surface area contributed by atoms with Gasteiger partial charge in [-0.05, 0) is 45.9 Å². The van der Waals surface area contributed by atoms with E-state index in [2.05, 4.69) is 20.6 Å². The molecule has 0 spiro atoms. The molecule has 2 N–H and O–H groups in total. The molecule has 1 aliphatic heterocycles. The van der Waals surface area contributed by atoms with Crippen molar-refractivity contribution in [2.45, 2.75) is 33.2 Å². The highest BCUT2D eigenvalue weighted by molar-refractivity contribution is 5.93. The predicted molar refractivity (Wildman–Crippen MR) is 89.8 cm³/mol. The van der Waals surface area contributed by atoms with E-state index in [4.69, 9.17) is 9.47 Å². The van der Waals surface area contributed by atoms with Gasteiger partial charge in [-0.25, -0.2) is 9.97 Å². The number of hydrogen-bond donors (Lipinski definition) is 2. The molecule has 1 aliphatic rings. The number of amides is 1. The zero-order valence-electron chi connectivity index (χ0n) is 14.1. The van der Waals surface area contributed by atoms with Crippen LogP contribution in [0.2, 0.25) is 0 Å². The molecule has 0 radical (unpaired) electrons. The smallest absolute Gasteiger partial charge is 0.270 e. The molecule has 0 bridgehead atoms. The maximum atomic E-state index is 12.3. The molecule has 0 fully saturated rings. The van der Waals surface area contributed by atoms with Crippen LogP contribution in [-0.4, -0.2) is 28.2 Å². The molecular weight excluding hydrogens is 308 g/mol. The summed E-state index contributed by atoms with van der Waals surface area (Å²) in [4.78, 5) is 20.9.